The van der Waals surface area contributed by atoms with Crippen LogP contribution in [0.2, 0.25) is 0 Å². The first-order valence-electron chi connectivity index (χ1n) is 6.99. The highest BCUT2D eigenvalue weighted by atomic mass is 16.5. The van der Waals surface area contributed by atoms with E-state index in [0.717, 1.165) is 31.4 Å². The minimum absolute atomic E-state index is 0.103. The average Bonchev–Trinajstić information content (AvgIpc) is 3.07. The Bertz CT molecular complexity index is 603. The second-order valence-electron chi connectivity index (χ2n) is 6.61. The summed E-state index contributed by atoms with van der Waals surface area (Å²) in [5, 5.41) is 8.03. The molecule has 1 fully saturated rings. The maximum absolute atomic E-state index is 6.32. The second kappa shape index (κ2) is 4.41. The lowest BCUT2D eigenvalue weighted by molar-refractivity contribution is 0.328. The van der Waals surface area contributed by atoms with Crippen molar-refractivity contribution in [1.29, 1.82) is 0 Å². The van der Waals surface area contributed by atoms with Gasteiger partial charge in [-0.15, -0.1) is 0 Å². The van der Waals surface area contributed by atoms with Crippen LogP contribution in [0.1, 0.15) is 58.0 Å². The van der Waals surface area contributed by atoms with E-state index in [9.17, 15) is 0 Å². The van der Waals surface area contributed by atoms with Crippen molar-refractivity contribution in [1.82, 2.24) is 15.3 Å². The normalized spacial score (nSPS) is 18.6. The highest BCUT2D eigenvalue weighted by Gasteiger charge is 2.36. The van der Waals surface area contributed by atoms with Crippen molar-refractivity contribution >= 4 is 0 Å². The Balaban J connectivity index is 1.89. The van der Waals surface area contributed by atoms with E-state index in [1.807, 2.05) is 6.07 Å². The third-order valence-corrected chi connectivity index (χ3v) is 3.84. The minimum Gasteiger partial charge on any atom is -0.360 e. The second-order valence-corrected chi connectivity index (χ2v) is 6.61. The number of nitrogens with two attached hydrogens (primary N) is 1. The number of hydrogen-bond donors (Lipinski definition) is 1. The van der Waals surface area contributed by atoms with E-state index in [0.29, 0.717) is 17.4 Å². The molecule has 0 spiro atoms. The van der Waals surface area contributed by atoms with Crippen LogP contribution in [0.5, 0.6) is 0 Å². The molecule has 2 N–H and O–H groups in total. The molecule has 108 valence electrons. The highest BCUT2D eigenvalue weighted by molar-refractivity contribution is 5.46. The first-order valence-corrected chi connectivity index (χ1v) is 6.99. The zero-order valence-electron chi connectivity index (χ0n) is 12.1. The maximum atomic E-state index is 6.32. The molecule has 6 nitrogen and oxygen atoms in total. The lowest BCUT2D eigenvalue weighted by Gasteiger charge is -2.17. The summed E-state index contributed by atoms with van der Waals surface area (Å²) in [6, 6.07) is 1.84. The van der Waals surface area contributed by atoms with E-state index in [1.54, 1.807) is 0 Å². The van der Waals surface area contributed by atoms with Gasteiger partial charge in [-0.05, 0) is 12.8 Å². The summed E-state index contributed by atoms with van der Waals surface area (Å²) in [4.78, 5) is 4.40. The van der Waals surface area contributed by atoms with Crippen LogP contribution >= 0.6 is 0 Å². The average molecular weight is 276 g/mol. The largest absolute Gasteiger partial charge is 0.360 e. The van der Waals surface area contributed by atoms with Crippen molar-refractivity contribution in [3.63, 3.8) is 0 Å². The molecule has 0 aromatic carbocycles. The molecule has 0 atom stereocenters. The van der Waals surface area contributed by atoms with Gasteiger partial charge in [0.05, 0.1) is 5.54 Å². The van der Waals surface area contributed by atoms with E-state index < -0.39 is 5.54 Å². The Morgan fingerprint density at radius 2 is 1.85 bits per heavy atom. The molecule has 3 rings (SSSR count). The fraction of sp³-hybridized carbons (Fsp3) is 0.643. The lowest BCUT2D eigenvalue weighted by Crippen LogP contribution is -2.34. The van der Waals surface area contributed by atoms with Gasteiger partial charge < -0.3 is 14.8 Å². The third kappa shape index (κ3) is 2.24. The number of aromatic nitrogens is 3. The fourth-order valence-corrected chi connectivity index (χ4v) is 2.49. The number of hydrogen-bond acceptors (Lipinski definition) is 6. The number of rotatable bonds is 2. The zero-order valence-corrected chi connectivity index (χ0v) is 12.1. The predicted octanol–water partition coefficient (Wildman–Crippen LogP) is 2.75. The third-order valence-electron chi connectivity index (χ3n) is 3.84. The van der Waals surface area contributed by atoms with E-state index in [2.05, 4.69) is 36.1 Å². The zero-order chi connectivity index (χ0) is 14.4. The number of nitrogens with zero attached hydrogens (tertiary/aromatic N) is 3. The highest BCUT2D eigenvalue weighted by Crippen LogP contribution is 2.35. The molecule has 0 aliphatic heterocycles. The van der Waals surface area contributed by atoms with Gasteiger partial charge >= 0.3 is 0 Å². The van der Waals surface area contributed by atoms with Crippen LogP contribution in [0.15, 0.2) is 15.1 Å². The van der Waals surface area contributed by atoms with Crippen LogP contribution in [0.3, 0.4) is 0 Å². The van der Waals surface area contributed by atoms with E-state index in [4.69, 9.17) is 14.8 Å². The fourth-order valence-electron chi connectivity index (χ4n) is 2.49. The van der Waals surface area contributed by atoms with Gasteiger partial charge in [-0.1, -0.05) is 43.9 Å². The Morgan fingerprint density at radius 3 is 2.45 bits per heavy atom. The van der Waals surface area contributed by atoms with Crippen LogP contribution in [0.4, 0.5) is 0 Å². The molecule has 1 aliphatic carbocycles. The van der Waals surface area contributed by atoms with Gasteiger partial charge in [0.15, 0.2) is 11.5 Å². The molecule has 1 aliphatic rings. The molecular weight excluding hydrogens is 256 g/mol. The summed E-state index contributed by atoms with van der Waals surface area (Å²) in [6.07, 6.45) is 4.02. The monoisotopic (exact) mass is 276 g/mol. The Kier molecular flexibility index (Phi) is 2.93. The minimum atomic E-state index is -0.446. The molecule has 6 heteroatoms. The molecular formula is C14H20N4O2. The molecule has 2 heterocycles. The summed E-state index contributed by atoms with van der Waals surface area (Å²) >= 11 is 0. The summed E-state index contributed by atoms with van der Waals surface area (Å²) in [5.74, 6) is 1.73. The van der Waals surface area contributed by atoms with E-state index in [-0.39, 0.29) is 5.41 Å². The maximum Gasteiger partial charge on any atom is 0.280 e. The Morgan fingerprint density at radius 1 is 1.15 bits per heavy atom. The van der Waals surface area contributed by atoms with Crippen molar-refractivity contribution in [3.05, 3.63) is 17.7 Å². The summed E-state index contributed by atoms with van der Waals surface area (Å²) in [5.41, 5.74) is 6.33. The summed E-state index contributed by atoms with van der Waals surface area (Å²) in [6.45, 7) is 6.18. The van der Waals surface area contributed by atoms with Gasteiger partial charge in [-0.2, -0.15) is 4.98 Å². The van der Waals surface area contributed by atoms with Gasteiger partial charge in [0.2, 0.25) is 0 Å². The van der Waals surface area contributed by atoms with E-state index >= 15 is 0 Å². The lowest BCUT2D eigenvalue weighted by atomic mass is 9.93. The van der Waals surface area contributed by atoms with Crippen LogP contribution in [-0.2, 0) is 11.0 Å². The first-order chi connectivity index (χ1) is 9.38. The Labute approximate surface area is 117 Å². The molecule has 0 saturated heterocycles. The first kappa shape index (κ1) is 13.3. The predicted molar refractivity (Wildman–Crippen MR) is 72.8 cm³/mol. The SMILES string of the molecule is CC(C)(C)c1cc(-c2nc(C3(N)CCCC3)no2)no1. The van der Waals surface area contributed by atoms with Gasteiger partial charge in [0.25, 0.3) is 5.89 Å². The van der Waals surface area contributed by atoms with Gasteiger partial charge in [0.1, 0.15) is 5.76 Å². The molecule has 0 radical (unpaired) electrons. The van der Waals surface area contributed by atoms with Gasteiger partial charge in [-0.3, -0.25) is 0 Å². The molecule has 1 saturated carbocycles. The Hall–Kier alpha value is -1.69. The molecule has 0 bridgehead atoms. The quantitative estimate of drug-likeness (QED) is 0.906. The van der Waals surface area contributed by atoms with Crippen LogP contribution in [0.25, 0.3) is 11.6 Å². The molecule has 20 heavy (non-hydrogen) atoms. The van der Waals surface area contributed by atoms with Crippen molar-refractivity contribution in [2.24, 2.45) is 5.73 Å². The van der Waals surface area contributed by atoms with Crippen molar-refractivity contribution in [3.8, 4) is 11.6 Å². The van der Waals surface area contributed by atoms with Crippen LogP contribution in [-0.4, -0.2) is 15.3 Å². The molecule has 0 amide bonds. The molecule has 2 aromatic rings. The van der Waals surface area contributed by atoms with Gasteiger partial charge in [-0.25, -0.2) is 0 Å². The van der Waals surface area contributed by atoms with E-state index in [1.165, 1.54) is 0 Å². The standard InChI is InChI=1S/C14H20N4O2/c1-13(2,3)10-8-9(17-19-10)11-16-12(18-20-11)14(15)6-4-5-7-14/h8H,4-7,15H2,1-3H3. The topological polar surface area (TPSA) is 91.0 Å². The van der Waals surface area contributed by atoms with Crippen LogP contribution in [0, 0.1) is 0 Å². The molecule has 0 unspecified atom stereocenters. The summed E-state index contributed by atoms with van der Waals surface area (Å²) < 4.78 is 10.6. The van der Waals surface area contributed by atoms with Crippen molar-refractivity contribution in [2.45, 2.75) is 57.4 Å². The van der Waals surface area contributed by atoms with Crippen molar-refractivity contribution in [2.75, 3.05) is 0 Å². The molecule has 2 aromatic heterocycles. The summed E-state index contributed by atoms with van der Waals surface area (Å²) in [7, 11) is 0. The smallest absolute Gasteiger partial charge is 0.280 e. The van der Waals surface area contributed by atoms with Gasteiger partial charge in [0, 0.05) is 11.5 Å². The van der Waals surface area contributed by atoms with Crippen molar-refractivity contribution < 1.29 is 9.05 Å². The van der Waals surface area contributed by atoms with Crippen LogP contribution < -0.4 is 5.73 Å².